The number of carboxylic acid groups (broad SMARTS) is 2. The fourth-order valence-electron chi connectivity index (χ4n) is 10.4. The molecule has 9 rings (SSSR count). The molecule has 19 nitrogen and oxygen atoms in total. The second-order valence-electron chi connectivity index (χ2n) is 19.0. The number of halogens is 2. The highest BCUT2D eigenvalue weighted by molar-refractivity contribution is 7.88. The SMILES string of the molecule is CC1(C)C[C@H](Nc2cccc(-c3sc(C(=O)O)c(OCC(=O)O)c3Cl)c2)CCN1S(=O)(=O)Cc1ccc(F)c(NC(=O)C2[C@H]3CN(C(=O)CNc4cccc5c4CN(C4CCC(=O)NC4=O)C5=O)C[C@@H]23)c1. The topological polar surface area (TPSA) is 261 Å². The third kappa shape index (κ3) is 10.0. The number of rotatable bonds is 16. The van der Waals surface area contributed by atoms with Gasteiger partial charge in [-0.25, -0.2) is 22.4 Å². The molecule has 5 atom stereocenters. The summed E-state index contributed by atoms with van der Waals surface area (Å²) in [7, 11) is -3.96. The number of aromatic carboxylic acids is 1. The van der Waals surface area contributed by atoms with Crippen molar-refractivity contribution in [2.24, 2.45) is 17.8 Å². The van der Waals surface area contributed by atoms with Gasteiger partial charge in [0, 0.05) is 72.6 Å². The highest BCUT2D eigenvalue weighted by Gasteiger charge is 2.60. The first kappa shape index (κ1) is 49.4. The van der Waals surface area contributed by atoms with E-state index in [0.29, 0.717) is 58.9 Å². The number of benzene rings is 3. The van der Waals surface area contributed by atoms with Gasteiger partial charge < -0.3 is 40.7 Å². The Morgan fingerprint density at radius 3 is 2.44 bits per heavy atom. The summed E-state index contributed by atoms with van der Waals surface area (Å²) in [5.41, 5.74) is 2.14. The van der Waals surface area contributed by atoms with Crippen molar-refractivity contribution in [2.45, 2.75) is 69.5 Å². The average molecular weight is 1030 g/mol. The van der Waals surface area contributed by atoms with Crippen LogP contribution in [0.25, 0.3) is 10.4 Å². The van der Waals surface area contributed by atoms with Gasteiger partial charge in [-0.2, -0.15) is 4.31 Å². The summed E-state index contributed by atoms with van der Waals surface area (Å²) in [5.74, 6) is -6.61. The molecule has 4 aromatic rings. The summed E-state index contributed by atoms with van der Waals surface area (Å²) in [6.45, 7) is 3.74. The van der Waals surface area contributed by atoms with Gasteiger partial charge in [-0.15, -0.1) is 11.3 Å². The number of amides is 5. The molecule has 0 bridgehead atoms. The molecule has 71 heavy (non-hydrogen) atoms. The Bertz CT molecular complexity index is 3010. The Morgan fingerprint density at radius 1 is 0.986 bits per heavy atom. The maximum absolute atomic E-state index is 15.2. The zero-order valence-corrected chi connectivity index (χ0v) is 40.7. The number of thiophene rings is 1. The van der Waals surface area contributed by atoms with Crippen molar-refractivity contribution in [3.63, 3.8) is 0 Å². The smallest absolute Gasteiger partial charge is 0.349 e. The van der Waals surface area contributed by atoms with Gasteiger partial charge in [0.25, 0.3) is 5.91 Å². The molecule has 1 saturated carbocycles. The van der Waals surface area contributed by atoms with Crippen LogP contribution in [0.1, 0.15) is 70.7 Å². The van der Waals surface area contributed by atoms with E-state index in [2.05, 4.69) is 21.3 Å². The normalized spacial score (nSPS) is 22.6. The predicted molar refractivity (Wildman–Crippen MR) is 258 cm³/mol. The zero-order valence-electron chi connectivity index (χ0n) is 38.3. The van der Waals surface area contributed by atoms with Crippen LogP contribution in [0.4, 0.5) is 21.5 Å². The van der Waals surface area contributed by atoms with Crippen molar-refractivity contribution in [2.75, 3.05) is 48.7 Å². The standard InChI is InChI=1S/C48H49ClFN7O12S2/c1-48(2)17-27(52-26-6-3-5-25(16-26)42-40(49)41(69-22-38(60)61)43(70-42)47(65)66)13-14-57(48)71(67,68)23-24-9-10-32(50)34(15-24)53-45(63)39-30-19-55(20-31(30)39)37(59)18-51-33-8-4-7-28-29(33)21-56(46(28)64)35-11-12-36(58)54-44(35)62/h3-10,15-16,27,30-31,35,39,51-52H,11-14,17-23H2,1-2H3,(H,53,63)(H,60,61)(H,65,66)(H,54,58,62)/t27-,30-,31+,35?,39?/m1/s1. The maximum Gasteiger partial charge on any atom is 0.349 e. The highest BCUT2D eigenvalue weighted by Crippen LogP contribution is 2.52. The number of imide groups is 1. The quantitative estimate of drug-likeness (QED) is 0.0802. The Morgan fingerprint density at radius 2 is 1.73 bits per heavy atom. The Labute approximate surface area is 415 Å². The van der Waals surface area contributed by atoms with Crippen LogP contribution in [0, 0.1) is 23.6 Å². The molecule has 1 aliphatic carbocycles. The number of carbonyl (C=O) groups is 7. The van der Waals surface area contributed by atoms with Crippen LogP contribution in [0.5, 0.6) is 5.75 Å². The summed E-state index contributed by atoms with van der Waals surface area (Å²) >= 11 is 7.36. The third-order valence-corrected chi connectivity index (χ3v) is 17.5. The monoisotopic (exact) mass is 1030 g/mol. The maximum atomic E-state index is 15.2. The van der Waals surface area contributed by atoms with Gasteiger partial charge in [0.2, 0.25) is 33.7 Å². The second-order valence-corrected chi connectivity index (χ2v) is 22.3. The van der Waals surface area contributed by atoms with Crippen molar-refractivity contribution < 1.29 is 61.3 Å². The molecule has 23 heteroatoms. The lowest BCUT2D eigenvalue weighted by Crippen LogP contribution is -2.55. The third-order valence-electron chi connectivity index (χ3n) is 13.8. The van der Waals surface area contributed by atoms with E-state index in [9.17, 15) is 47.1 Å². The number of ether oxygens (including phenoxy) is 1. The number of nitrogens with one attached hydrogen (secondary N) is 4. The average Bonchev–Trinajstić information content (AvgIpc) is 3.52. The van der Waals surface area contributed by atoms with E-state index in [0.717, 1.165) is 17.4 Å². The van der Waals surface area contributed by atoms with Crippen molar-refractivity contribution in [1.29, 1.82) is 0 Å². The molecule has 5 aliphatic rings. The zero-order chi connectivity index (χ0) is 50.7. The van der Waals surface area contributed by atoms with Crippen LogP contribution in [-0.2, 0) is 46.3 Å². The highest BCUT2D eigenvalue weighted by atomic mass is 35.5. The lowest BCUT2D eigenvalue weighted by atomic mass is 9.89. The van der Waals surface area contributed by atoms with Crippen molar-refractivity contribution in [3.8, 4) is 16.2 Å². The Kier molecular flexibility index (Phi) is 13.3. The summed E-state index contributed by atoms with van der Waals surface area (Å²) < 4.78 is 49.9. The molecule has 2 unspecified atom stereocenters. The second kappa shape index (κ2) is 19.2. The first-order valence-electron chi connectivity index (χ1n) is 22.8. The van der Waals surface area contributed by atoms with Gasteiger partial charge in [-0.1, -0.05) is 35.9 Å². The molecule has 5 heterocycles. The number of fused-ring (bicyclic) bond motifs is 2. The van der Waals surface area contributed by atoms with Gasteiger partial charge in [0.15, 0.2) is 17.2 Å². The number of hydrogen-bond acceptors (Lipinski definition) is 13. The number of aliphatic carboxylic acids is 1. The van der Waals surface area contributed by atoms with Gasteiger partial charge in [-0.3, -0.25) is 29.3 Å². The number of hydrogen-bond donors (Lipinski definition) is 6. The number of nitrogens with zero attached hydrogens (tertiary/aromatic N) is 3. The molecule has 0 radical (unpaired) electrons. The molecular weight excluding hydrogens is 985 g/mol. The molecule has 374 valence electrons. The number of carbonyl (C=O) groups excluding carboxylic acids is 5. The van der Waals surface area contributed by atoms with Crippen LogP contribution in [0.15, 0.2) is 60.7 Å². The van der Waals surface area contributed by atoms with E-state index in [4.69, 9.17) is 21.4 Å². The summed E-state index contributed by atoms with van der Waals surface area (Å²) in [4.78, 5) is 90.4. The molecular formula is C48H49ClFN7O12S2. The van der Waals surface area contributed by atoms with E-state index in [-0.39, 0.29) is 95.0 Å². The minimum absolute atomic E-state index is 0.0296. The van der Waals surface area contributed by atoms with Crippen LogP contribution in [-0.4, -0.2) is 125 Å². The van der Waals surface area contributed by atoms with E-state index in [1.807, 2.05) is 19.9 Å². The summed E-state index contributed by atoms with van der Waals surface area (Å²) in [5, 5.41) is 30.3. The van der Waals surface area contributed by atoms with Crippen LogP contribution >= 0.6 is 22.9 Å². The molecule has 6 N–H and O–H groups in total. The molecule has 1 aromatic heterocycles. The van der Waals surface area contributed by atoms with Crippen molar-refractivity contribution in [3.05, 3.63) is 93.1 Å². The van der Waals surface area contributed by atoms with Crippen molar-refractivity contribution in [1.82, 2.24) is 19.4 Å². The largest absolute Gasteiger partial charge is 0.479 e. The lowest BCUT2D eigenvalue weighted by molar-refractivity contribution is -0.139. The number of carboxylic acids is 2. The number of sulfonamides is 1. The van der Waals surface area contributed by atoms with E-state index in [1.54, 1.807) is 41.3 Å². The minimum atomic E-state index is -3.96. The van der Waals surface area contributed by atoms with Gasteiger partial charge >= 0.3 is 11.9 Å². The molecule has 3 saturated heterocycles. The first-order valence-corrected chi connectivity index (χ1v) is 25.6. The van der Waals surface area contributed by atoms with E-state index >= 15 is 4.39 Å². The van der Waals surface area contributed by atoms with E-state index in [1.165, 1.54) is 21.3 Å². The van der Waals surface area contributed by atoms with E-state index < -0.39 is 69.5 Å². The fourth-order valence-corrected chi connectivity index (χ4v) is 13.8. The molecule has 0 spiro atoms. The van der Waals surface area contributed by atoms with Crippen LogP contribution < -0.4 is 26.0 Å². The minimum Gasteiger partial charge on any atom is -0.479 e. The van der Waals surface area contributed by atoms with Crippen LogP contribution in [0.3, 0.4) is 0 Å². The van der Waals surface area contributed by atoms with Crippen molar-refractivity contribution >= 4 is 91.5 Å². The molecule has 4 aliphatic heterocycles. The van der Waals surface area contributed by atoms with Gasteiger partial charge in [0.1, 0.15) is 16.9 Å². The van der Waals surface area contributed by atoms with Gasteiger partial charge in [-0.05, 0) is 92.5 Å². The Balaban J connectivity index is 0.764. The van der Waals surface area contributed by atoms with Gasteiger partial charge in [0.05, 0.1) is 22.9 Å². The molecule has 5 amide bonds. The number of likely N-dealkylation sites (tertiary alicyclic amines) is 1. The Hall–Kier alpha value is -6.62. The number of anilines is 3. The molecule has 4 fully saturated rings. The first-order chi connectivity index (χ1) is 33.7. The lowest BCUT2D eigenvalue weighted by Gasteiger charge is -2.45. The number of piperidine rings is 3. The summed E-state index contributed by atoms with van der Waals surface area (Å²) in [6.07, 6.45) is 1.20. The van der Waals surface area contributed by atoms with Crippen LogP contribution in [0.2, 0.25) is 5.02 Å². The predicted octanol–water partition coefficient (Wildman–Crippen LogP) is 5.07. The fraction of sp³-hybridized carbons (Fsp3) is 0.396. The molecule has 3 aromatic carbocycles. The summed E-state index contributed by atoms with van der Waals surface area (Å²) in [6, 6.07) is 15.0.